The van der Waals surface area contributed by atoms with E-state index in [1.165, 1.54) is 16.7 Å². The second-order valence-electron chi connectivity index (χ2n) is 7.97. The number of benzene rings is 3. The van der Waals surface area contributed by atoms with Crippen LogP contribution in [0.15, 0.2) is 91.0 Å². The zero-order valence-corrected chi connectivity index (χ0v) is 18.9. The summed E-state index contributed by atoms with van der Waals surface area (Å²) in [6, 6.07) is 31.7. The summed E-state index contributed by atoms with van der Waals surface area (Å²) in [5.41, 5.74) is 3.92. The van der Waals surface area contributed by atoms with Crippen LogP contribution in [-0.2, 0) is 4.80 Å². The minimum atomic E-state index is -3.11. The van der Waals surface area contributed by atoms with Crippen molar-refractivity contribution in [2.45, 2.75) is 56.7 Å². The highest BCUT2D eigenvalue weighted by molar-refractivity contribution is 6.76. The fraction of sp³-hybridized carbons (Fsp3) is 0.333. The van der Waals surface area contributed by atoms with E-state index in [1.54, 1.807) is 0 Å². The van der Waals surface area contributed by atoms with Crippen molar-refractivity contribution in [2.75, 3.05) is 0 Å². The molecule has 29 heavy (non-hydrogen) atoms. The molecule has 2 heteroatoms. The van der Waals surface area contributed by atoms with Crippen LogP contribution < -0.4 is 0 Å². The highest BCUT2D eigenvalue weighted by atomic mass is 28.4. The highest BCUT2D eigenvalue weighted by Crippen LogP contribution is 2.49. The lowest BCUT2D eigenvalue weighted by Crippen LogP contribution is -2.52. The Hall–Kier alpha value is -2.16. The Morgan fingerprint density at radius 3 is 0.966 bits per heavy atom. The lowest BCUT2D eigenvalue weighted by molar-refractivity contribution is 0.356. The predicted octanol–water partition coefficient (Wildman–Crippen LogP) is 7.56. The van der Waals surface area contributed by atoms with Crippen LogP contribution >= 0.6 is 0 Å². The van der Waals surface area contributed by atoms with Crippen LogP contribution in [0.1, 0.15) is 73.3 Å². The average molecular weight is 402 g/mol. The van der Waals surface area contributed by atoms with Crippen LogP contribution in [-0.4, -0.2) is 8.32 Å². The summed E-state index contributed by atoms with van der Waals surface area (Å²) in [6.45, 7) is 6.60. The summed E-state index contributed by atoms with van der Waals surface area (Å²) in [7, 11) is -3.11. The van der Waals surface area contributed by atoms with Crippen LogP contribution in [0.4, 0.5) is 0 Å². The molecule has 3 rings (SSSR count). The Bertz CT molecular complexity index is 732. The molecule has 0 aromatic heterocycles. The van der Waals surface area contributed by atoms with Crippen molar-refractivity contribution in [3.8, 4) is 0 Å². The molecule has 0 aliphatic carbocycles. The van der Waals surface area contributed by atoms with Crippen LogP contribution in [0.3, 0.4) is 0 Å². The van der Waals surface area contributed by atoms with Gasteiger partial charge in [-0.2, -0.15) is 0 Å². The Balaban J connectivity index is 2.21. The molecule has 3 atom stereocenters. The highest BCUT2D eigenvalue weighted by Gasteiger charge is 2.54. The van der Waals surface area contributed by atoms with E-state index < -0.39 is 8.32 Å². The fourth-order valence-corrected chi connectivity index (χ4v) is 10.7. The third-order valence-electron chi connectivity index (χ3n) is 6.46. The SMILES string of the molecule is CCC(c1ccccc1)[Si]([O])(C(CC)c1ccccc1)C(CC)c1ccccc1. The Labute approximate surface area is 177 Å². The molecule has 0 saturated carbocycles. The largest absolute Gasteiger partial charge is 0.295 e. The van der Waals surface area contributed by atoms with E-state index >= 15 is 4.80 Å². The molecule has 0 spiro atoms. The standard InChI is InChI=1S/C27H33OSi/c1-4-25(22-16-10-7-11-17-22)29(28,26(5-2)23-18-12-8-13-19-23)27(6-3)24-20-14-9-15-21-24/h7-21,25-27H,4-6H2,1-3H3. The van der Waals surface area contributed by atoms with Gasteiger partial charge in [-0.3, -0.25) is 4.80 Å². The van der Waals surface area contributed by atoms with Crippen molar-refractivity contribution in [3.63, 3.8) is 0 Å². The average Bonchev–Trinajstić information content (AvgIpc) is 2.77. The summed E-state index contributed by atoms with van der Waals surface area (Å²) in [4.78, 5) is 15.4. The van der Waals surface area contributed by atoms with Crippen LogP contribution in [0.5, 0.6) is 0 Å². The zero-order valence-electron chi connectivity index (χ0n) is 17.9. The lowest BCUT2D eigenvalue weighted by atomic mass is 10.1. The first-order valence-corrected chi connectivity index (χ1v) is 13.2. The van der Waals surface area contributed by atoms with E-state index in [2.05, 4.69) is 93.6 Å². The van der Waals surface area contributed by atoms with Crippen molar-refractivity contribution in [2.24, 2.45) is 0 Å². The summed E-state index contributed by atoms with van der Waals surface area (Å²) >= 11 is 0. The van der Waals surface area contributed by atoms with E-state index in [0.717, 1.165) is 19.3 Å². The first kappa shape index (κ1) is 21.5. The quantitative estimate of drug-likeness (QED) is 0.330. The molecule has 3 unspecified atom stereocenters. The maximum atomic E-state index is 15.4. The van der Waals surface area contributed by atoms with Gasteiger partial charge in [0.15, 0.2) is 0 Å². The molecule has 0 bridgehead atoms. The van der Waals surface area contributed by atoms with Crippen LogP contribution in [0.25, 0.3) is 0 Å². The maximum Gasteiger partial charge on any atom is 0.259 e. The van der Waals surface area contributed by atoms with Gasteiger partial charge in [0.2, 0.25) is 0 Å². The number of hydrogen-bond acceptors (Lipinski definition) is 0. The van der Waals surface area contributed by atoms with E-state index in [0.29, 0.717) is 0 Å². The second-order valence-corrected chi connectivity index (χ2v) is 11.8. The molecule has 0 amide bonds. The van der Waals surface area contributed by atoms with Gasteiger partial charge in [0.1, 0.15) is 0 Å². The van der Waals surface area contributed by atoms with Crippen molar-refractivity contribution in [1.82, 2.24) is 0 Å². The minimum absolute atomic E-state index is 0.0824. The van der Waals surface area contributed by atoms with Gasteiger partial charge in [0, 0.05) is 16.6 Å². The van der Waals surface area contributed by atoms with E-state index in [-0.39, 0.29) is 16.6 Å². The summed E-state index contributed by atoms with van der Waals surface area (Å²) < 4.78 is 0. The lowest BCUT2D eigenvalue weighted by Gasteiger charge is -2.43. The molecular weight excluding hydrogens is 368 g/mol. The van der Waals surface area contributed by atoms with E-state index in [9.17, 15) is 0 Å². The summed E-state index contributed by atoms with van der Waals surface area (Å²) in [6.07, 6.45) is 2.69. The first-order valence-electron chi connectivity index (χ1n) is 11.0. The molecule has 3 aromatic rings. The third kappa shape index (κ3) is 4.39. The van der Waals surface area contributed by atoms with Crippen molar-refractivity contribution in [1.29, 1.82) is 0 Å². The van der Waals surface area contributed by atoms with Gasteiger partial charge in [-0.05, 0) is 36.0 Å². The van der Waals surface area contributed by atoms with Gasteiger partial charge in [0.05, 0.1) is 0 Å². The molecule has 0 heterocycles. The van der Waals surface area contributed by atoms with Gasteiger partial charge in [-0.15, -0.1) is 0 Å². The number of hydrogen-bond donors (Lipinski definition) is 0. The number of rotatable bonds is 9. The molecule has 1 nitrogen and oxygen atoms in total. The maximum absolute atomic E-state index is 15.4. The van der Waals surface area contributed by atoms with E-state index in [1.807, 2.05) is 18.2 Å². The molecule has 151 valence electrons. The van der Waals surface area contributed by atoms with Crippen molar-refractivity contribution < 1.29 is 4.80 Å². The molecule has 0 aliphatic rings. The van der Waals surface area contributed by atoms with Crippen molar-refractivity contribution >= 4 is 8.32 Å². The monoisotopic (exact) mass is 401 g/mol. The molecule has 0 aliphatic heterocycles. The van der Waals surface area contributed by atoms with Gasteiger partial charge in [-0.1, -0.05) is 112 Å². The Morgan fingerprint density at radius 1 is 0.517 bits per heavy atom. The molecule has 1 radical (unpaired) electrons. The zero-order chi connectivity index (χ0) is 20.7. The van der Waals surface area contributed by atoms with Gasteiger partial charge in [-0.25, -0.2) is 0 Å². The normalized spacial score (nSPS) is 16.6. The van der Waals surface area contributed by atoms with Crippen LogP contribution in [0.2, 0.25) is 0 Å². The molecule has 0 fully saturated rings. The molecule has 3 aromatic carbocycles. The minimum Gasteiger partial charge on any atom is -0.295 e. The van der Waals surface area contributed by atoms with Gasteiger partial charge in [0.25, 0.3) is 8.32 Å². The molecule has 0 N–H and O–H groups in total. The Morgan fingerprint density at radius 2 is 0.759 bits per heavy atom. The second kappa shape index (κ2) is 10.0. The first-order chi connectivity index (χ1) is 14.2. The van der Waals surface area contributed by atoms with E-state index in [4.69, 9.17) is 0 Å². The summed E-state index contributed by atoms with van der Waals surface area (Å²) in [5.74, 6) is 0. The smallest absolute Gasteiger partial charge is 0.259 e. The molecular formula is C27H33OSi. The topological polar surface area (TPSA) is 19.9 Å². The van der Waals surface area contributed by atoms with Gasteiger partial charge >= 0.3 is 0 Å². The van der Waals surface area contributed by atoms with Crippen LogP contribution in [0, 0.1) is 0 Å². The predicted molar refractivity (Wildman–Crippen MR) is 125 cm³/mol. The van der Waals surface area contributed by atoms with Gasteiger partial charge < -0.3 is 0 Å². The Kier molecular flexibility index (Phi) is 7.46. The molecule has 0 saturated heterocycles. The third-order valence-corrected chi connectivity index (χ3v) is 12.0. The summed E-state index contributed by atoms with van der Waals surface area (Å²) in [5, 5.41) is 0. The fourth-order valence-electron chi connectivity index (χ4n) is 5.23. The van der Waals surface area contributed by atoms with Crippen molar-refractivity contribution in [3.05, 3.63) is 108 Å².